The summed E-state index contributed by atoms with van der Waals surface area (Å²) in [4.78, 5) is 2.56. The molecule has 1 unspecified atom stereocenters. The van der Waals surface area contributed by atoms with Crippen molar-refractivity contribution in [3.63, 3.8) is 0 Å². The fraction of sp³-hybridized carbons (Fsp3) is 0.647. The lowest BCUT2D eigenvalue weighted by atomic mass is 9.91. The van der Waals surface area contributed by atoms with Gasteiger partial charge < -0.3 is 5.11 Å². The van der Waals surface area contributed by atoms with Gasteiger partial charge in [0.1, 0.15) is 0 Å². The van der Waals surface area contributed by atoms with Crippen LogP contribution in [-0.4, -0.2) is 29.2 Å². The van der Waals surface area contributed by atoms with Crippen molar-refractivity contribution in [2.75, 3.05) is 13.1 Å². The number of aliphatic hydroxyl groups is 1. The Morgan fingerprint density at radius 2 is 1.84 bits per heavy atom. The van der Waals surface area contributed by atoms with E-state index in [9.17, 15) is 5.11 Å². The van der Waals surface area contributed by atoms with Crippen molar-refractivity contribution in [2.24, 2.45) is 5.92 Å². The third-order valence-electron chi connectivity index (χ3n) is 4.23. The smallest absolute Gasteiger partial charge is 0.0512 e. The number of nitrogens with zero attached hydrogens (tertiary/aromatic N) is 1. The molecule has 0 bridgehead atoms. The maximum Gasteiger partial charge on any atom is 0.0512 e. The molecule has 1 aliphatic heterocycles. The van der Waals surface area contributed by atoms with Crippen molar-refractivity contribution in [3.8, 4) is 0 Å². The van der Waals surface area contributed by atoms with Crippen LogP contribution >= 0.6 is 0 Å². The third kappa shape index (κ3) is 4.96. The average molecular weight is 261 g/mol. The van der Waals surface area contributed by atoms with Gasteiger partial charge in [-0.2, -0.15) is 0 Å². The molecule has 19 heavy (non-hydrogen) atoms. The standard InChI is InChI=1S/C17H27NO/c1-14-3-6-17(7-4-14)13-18-11-9-16(10-12-18)8-5-15(2)19/h3-4,6-7,15-16,19H,5,8-13H2,1-2H3. The topological polar surface area (TPSA) is 23.5 Å². The van der Waals surface area contributed by atoms with Gasteiger partial charge in [0, 0.05) is 6.54 Å². The van der Waals surface area contributed by atoms with Gasteiger partial charge in [0.2, 0.25) is 0 Å². The molecule has 0 amide bonds. The zero-order valence-corrected chi connectivity index (χ0v) is 12.3. The average Bonchev–Trinajstić information content (AvgIpc) is 2.40. The van der Waals surface area contributed by atoms with Crippen LogP contribution in [-0.2, 0) is 6.54 Å². The van der Waals surface area contributed by atoms with E-state index < -0.39 is 0 Å². The van der Waals surface area contributed by atoms with Crippen LogP contribution < -0.4 is 0 Å². The van der Waals surface area contributed by atoms with Gasteiger partial charge in [0.15, 0.2) is 0 Å². The number of piperidine rings is 1. The highest BCUT2D eigenvalue weighted by Gasteiger charge is 2.19. The van der Waals surface area contributed by atoms with E-state index >= 15 is 0 Å². The molecule has 1 atom stereocenters. The van der Waals surface area contributed by atoms with Crippen molar-refractivity contribution in [2.45, 2.75) is 52.2 Å². The SMILES string of the molecule is Cc1ccc(CN2CCC(CCC(C)O)CC2)cc1. The molecule has 2 rings (SSSR count). The maximum atomic E-state index is 9.34. The molecule has 1 saturated heterocycles. The fourth-order valence-corrected chi connectivity index (χ4v) is 2.86. The molecule has 106 valence electrons. The minimum absolute atomic E-state index is 0.134. The Morgan fingerprint density at radius 1 is 1.21 bits per heavy atom. The minimum atomic E-state index is -0.134. The second-order valence-electron chi connectivity index (χ2n) is 6.13. The number of hydrogen-bond acceptors (Lipinski definition) is 2. The molecule has 1 aromatic carbocycles. The first kappa shape index (κ1) is 14.5. The summed E-state index contributed by atoms with van der Waals surface area (Å²) < 4.78 is 0. The summed E-state index contributed by atoms with van der Waals surface area (Å²) in [6, 6.07) is 8.89. The number of benzene rings is 1. The van der Waals surface area contributed by atoms with Crippen molar-refractivity contribution in [3.05, 3.63) is 35.4 Å². The largest absolute Gasteiger partial charge is 0.393 e. The van der Waals surface area contributed by atoms with Crippen LogP contribution in [0.3, 0.4) is 0 Å². The number of hydrogen-bond donors (Lipinski definition) is 1. The third-order valence-corrected chi connectivity index (χ3v) is 4.23. The van der Waals surface area contributed by atoms with E-state index in [4.69, 9.17) is 0 Å². The minimum Gasteiger partial charge on any atom is -0.393 e. The molecule has 1 heterocycles. The van der Waals surface area contributed by atoms with E-state index in [0.29, 0.717) is 0 Å². The van der Waals surface area contributed by atoms with E-state index in [2.05, 4.69) is 36.1 Å². The number of rotatable bonds is 5. The molecule has 1 aliphatic rings. The molecule has 0 spiro atoms. The lowest BCUT2D eigenvalue weighted by Gasteiger charge is -2.32. The Morgan fingerprint density at radius 3 is 2.42 bits per heavy atom. The monoisotopic (exact) mass is 261 g/mol. The molecular formula is C17H27NO. The number of likely N-dealkylation sites (tertiary alicyclic amines) is 1. The van der Waals surface area contributed by atoms with Crippen LogP contribution in [0.25, 0.3) is 0 Å². The van der Waals surface area contributed by atoms with E-state index in [1.807, 2.05) is 6.92 Å². The fourth-order valence-electron chi connectivity index (χ4n) is 2.86. The van der Waals surface area contributed by atoms with Gasteiger partial charge in [-0.25, -0.2) is 0 Å². The second-order valence-corrected chi connectivity index (χ2v) is 6.13. The van der Waals surface area contributed by atoms with Crippen molar-refractivity contribution in [1.29, 1.82) is 0 Å². The molecule has 0 radical (unpaired) electrons. The van der Waals surface area contributed by atoms with Crippen LogP contribution in [0.2, 0.25) is 0 Å². The van der Waals surface area contributed by atoms with Gasteiger partial charge in [-0.1, -0.05) is 29.8 Å². The van der Waals surface area contributed by atoms with E-state index in [0.717, 1.165) is 18.9 Å². The molecular weight excluding hydrogens is 234 g/mol. The van der Waals surface area contributed by atoms with Gasteiger partial charge in [0.25, 0.3) is 0 Å². The van der Waals surface area contributed by atoms with E-state index in [1.165, 1.54) is 43.5 Å². The summed E-state index contributed by atoms with van der Waals surface area (Å²) >= 11 is 0. The zero-order valence-electron chi connectivity index (χ0n) is 12.3. The Balaban J connectivity index is 1.72. The highest BCUT2D eigenvalue weighted by atomic mass is 16.3. The summed E-state index contributed by atoms with van der Waals surface area (Å²) in [6.45, 7) is 7.53. The Bertz CT molecular complexity index is 363. The number of aryl methyl sites for hydroxylation is 1. The summed E-state index contributed by atoms with van der Waals surface area (Å²) in [5, 5.41) is 9.34. The molecule has 2 heteroatoms. The first-order valence-electron chi connectivity index (χ1n) is 7.59. The van der Waals surface area contributed by atoms with Crippen molar-refractivity contribution < 1.29 is 5.11 Å². The maximum absolute atomic E-state index is 9.34. The van der Waals surface area contributed by atoms with Crippen LogP contribution in [0, 0.1) is 12.8 Å². The second kappa shape index (κ2) is 7.06. The van der Waals surface area contributed by atoms with Crippen LogP contribution in [0.15, 0.2) is 24.3 Å². The van der Waals surface area contributed by atoms with Crippen molar-refractivity contribution in [1.82, 2.24) is 4.90 Å². The molecule has 1 aromatic rings. The first-order chi connectivity index (χ1) is 9.13. The first-order valence-corrected chi connectivity index (χ1v) is 7.59. The Hall–Kier alpha value is -0.860. The van der Waals surface area contributed by atoms with Gasteiger partial charge in [-0.05, 0) is 64.1 Å². The predicted octanol–water partition coefficient (Wildman–Crippen LogP) is 3.37. The normalized spacial score (nSPS) is 19.5. The lowest BCUT2D eigenvalue weighted by molar-refractivity contribution is 0.141. The van der Waals surface area contributed by atoms with Gasteiger partial charge in [0.05, 0.1) is 6.10 Å². The summed E-state index contributed by atoms with van der Waals surface area (Å²) in [7, 11) is 0. The summed E-state index contributed by atoms with van der Waals surface area (Å²) in [6.07, 6.45) is 4.60. The molecule has 0 aromatic heterocycles. The van der Waals surface area contributed by atoms with Crippen molar-refractivity contribution >= 4 is 0 Å². The van der Waals surface area contributed by atoms with Gasteiger partial charge in [-0.15, -0.1) is 0 Å². The van der Waals surface area contributed by atoms with E-state index in [1.54, 1.807) is 0 Å². The number of aliphatic hydroxyl groups excluding tert-OH is 1. The molecule has 1 fully saturated rings. The van der Waals surface area contributed by atoms with E-state index in [-0.39, 0.29) is 6.10 Å². The van der Waals surface area contributed by atoms with Crippen LogP contribution in [0.5, 0.6) is 0 Å². The highest BCUT2D eigenvalue weighted by Crippen LogP contribution is 2.23. The molecule has 1 N–H and O–H groups in total. The summed E-state index contributed by atoms with van der Waals surface area (Å²) in [5.41, 5.74) is 2.76. The zero-order chi connectivity index (χ0) is 13.7. The van der Waals surface area contributed by atoms with Crippen LogP contribution in [0.1, 0.15) is 43.7 Å². The highest BCUT2D eigenvalue weighted by molar-refractivity contribution is 5.21. The molecule has 0 aliphatic carbocycles. The van der Waals surface area contributed by atoms with Gasteiger partial charge >= 0.3 is 0 Å². The Labute approximate surface area is 117 Å². The van der Waals surface area contributed by atoms with Crippen LogP contribution in [0.4, 0.5) is 0 Å². The Kier molecular flexibility index (Phi) is 5.41. The molecule has 2 nitrogen and oxygen atoms in total. The van der Waals surface area contributed by atoms with Gasteiger partial charge in [-0.3, -0.25) is 4.90 Å². The summed E-state index contributed by atoms with van der Waals surface area (Å²) in [5.74, 6) is 0.823. The quantitative estimate of drug-likeness (QED) is 0.878. The lowest BCUT2D eigenvalue weighted by Crippen LogP contribution is -2.33. The predicted molar refractivity (Wildman–Crippen MR) is 80.1 cm³/mol. The molecule has 0 saturated carbocycles.